The molecule has 300 valence electrons. The van der Waals surface area contributed by atoms with Crippen molar-refractivity contribution in [2.75, 3.05) is 27.3 Å². The summed E-state index contributed by atoms with van der Waals surface area (Å²) < 4.78 is 33.0. The van der Waals surface area contributed by atoms with Gasteiger partial charge in [0, 0.05) is 36.1 Å². The molecular weight excluding hydrogens is 688 g/mol. The molecule has 2 saturated heterocycles. The van der Waals surface area contributed by atoms with Gasteiger partial charge >= 0.3 is 5.97 Å². The van der Waals surface area contributed by atoms with Gasteiger partial charge in [0.05, 0.1) is 37.1 Å². The smallest absolute Gasteiger partial charge is 0.333 e. The molecule has 2 bridgehead atoms. The number of hydrogen-bond acceptors (Lipinski definition) is 10. The first-order valence-corrected chi connectivity index (χ1v) is 19.4. The van der Waals surface area contributed by atoms with Crippen molar-refractivity contribution in [1.29, 1.82) is 0 Å². The number of hydrogen-bond donors (Lipinski definition) is 2. The summed E-state index contributed by atoms with van der Waals surface area (Å²) in [5.41, 5.74) is -0.0967. The van der Waals surface area contributed by atoms with Crippen molar-refractivity contribution in [3.63, 3.8) is 0 Å². The minimum atomic E-state index is -1.68. The van der Waals surface area contributed by atoms with Crippen LogP contribution < -0.4 is 0 Å². The van der Waals surface area contributed by atoms with E-state index in [2.05, 4.69) is 4.99 Å². The zero-order valence-corrected chi connectivity index (χ0v) is 34.2. The maximum absolute atomic E-state index is 13.8. The molecule has 2 N–H and O–H groups in total. The number of benzene rings is 1. The molecule has 54 heavy (non-hydrogen) atoms. The van der Waals surface area contributed by atoms with Gasteiger partial charge in [0.2, 0.25) is 5.91 Å². The van der Waals surface area contributed by atoms with Crippen LogP contribution in [-0.2, 0) is 33.3 Å². The molecule has 3 aliphatic rings. The summed E-state index contributed by atoms with van der Waals surface area (Å²) in [7, 11) is 3.85. The number of aliphatic hydroxyl groups excluding tert-OH is 1. The van der Waals surface area contributed by atoms with Gasteiger partial charge in [-0.25, -0.2) is 9.79 Å². The van der Waals surface area contributed by atoms with E-state index in [0.717, 1.165) is 11.1 Å². The number of carbonyl (C=O) groups excluding carboxylic acids is 2. The third kappa shape index (κ3) is 10.6. The van der Waals surface area contributed by atoms with Gasteiger partial charge in [-0.1, -0.05) is 82.3 Å². The number of amides is 1. The molecule has 0 unspecified atom stereocenters. The summed E-state index contributed by atoms with van der Waals surface area (Å²) in [6.45, 7) is 16.5. The molecule has 1 amide bonds. The van der Waals surface area contributed by atoms with Crippen molar-refractivity contribution in [2.45, 2.75) is 136 Å². The lowest BCUT2D eigenvalue weighted by molar-refractivity contribution is -0.296. The van der Waals surface area contributed by atoms with Crippen LogP contribution in [0.1, 0.15) is 87.1 Å². The molecule has 1 aromatic rings. The molecule has 2 fully saturated rings. The molecule has 11 nitrogen and oxygen atoms in total. The Morgan fingerprint density at radius 1 is 1.11 bits per heavy atom. The van der Waals surface area contributed by atoms with Crippen molar-refractivity contribution < 1.29 is 43.5 Å². The van der Waals surface area contributed by atoms with Crippen LogP contribution in [0, 0.1) is 17.8 Å². The summed E-state index contributed by atoms with van der Waals surface area (Å²) in [5.74, 6) is -2.38. The Balaban J connectivity index is 1.96. The standard InChI is InChI=1S/C43H64N2O9/c1-12-35-43(9,49)39-30(6)36(44-31(7)46)28(4)23-42(8,51-25-33(24-50-39)20-16-19-32-17-14-13-15-18-32)38(26(2)21-27(3)40(48)53-35)54-41-37(47)34(45(10)11)22-29(5)52-41/h13-21,26,28-30,34-35,37-39,41,47,49H,12,22-25H2,1-11H3/b19-16+,27-21-,33-20+,44-36?/t26-,28+,29+,30-,34-,35+,37+,38+,39-,41-,42+,43+/m0/s1. The van der Waals surface area contributed by atoms with Crippen molar-refractivity contribution in [3.8, 4) is 0 Å². The molecule has 1 aromatic carbocycles. The van der Waals surface area contributed by atoms with Crippen molar-refractivity contribution >= 4 is 23.7 Å². The van der Waals surface area contributed by atoms with Gasteiger partial charge in [0.1, 0.15) is 17.8 Å². The summed E-state index contributed by atoms with van der Waals surface area (Å²) in [6.07, 6.45) is 4.14. The molecule has 12 atom stereocenters. The van der Waals surface area contributed by atoms with Crippen LogP contribution >= 0.6 is 0 Å². The molecule has 3 aliphatic heterocycles. The van der Waals surface area contributed by atoms with E-state index in [-0.39, 0.29) is 37.2 Å². The molecule has 0 radical (unpaired) electrons. The fourth-order valence-corrected chi connectivity index (χ4v) is 8.43. The van der Waals surface area contributed by atoms with E-state index in [9.17, 15) is 19.8 Å². The third-order valence-electron chi connectivity index (χ3n) is 11.2. The topological polar surface area (TPSA) is 136 Å². The lowest BCUT2D eigenvalue weighted by Gasteiger charge is -2.47. The van der Waals surface area contributed by atoms with E-state index in [1.54, 1.807) is 19.9 Å². The Morgan fingerprint density at radius 3 is 2.43 bits per heavy atom. The number of aliphatic hydroxyl groups is 2. The second-order valence-corrected chi connectivity index (χ2v) is 16.2. The van der Waals surface area contributed by atoms with Gasteiger partial charge < -0.3 is 38.8 Å². The fraction of sp³-hybridized carbons (Fsp3) is 0.651. The predicted octanol–water partition coefficient (Wildman–Crippen LogP) is 5.93. The number of rotatable bonds is 6. The monoisotopic (exact) mass is 752 g/mol. The van der Waals surface area contributed by atoms with Crippen LogP contribution in [0.2, 0.25) is 0 Å². The first kappa shape index (κ1) is 43.7. The molecule has 11 heteroatoms. The van der Waals surface area contributed by atoms with E-state index in [1.807, 2.05) is 109 Å². The molecule has 0 saturated carbocycles. The third-order valence-corrected chi connectivity index (χ3v) is 11.2. The molecule has 3 heterocycles. The zero-order valence-electron chi connectivity index (χ0n) is 34.2. The Labute approximate surface area is 322 Å². The van der Waals surface area contributed by atoms with Gasteiger partial charge in [-0.2, -0.15) is 0 Å². The van der Waals surface area contributed by atoms with E-state index in [0.29, 0.717) is 30.5 Å². The highest BCUT2D eigenvalue weighted by molar-refractivity contribution is 5.98. The van der Waals surface area contributed by atoms with Crippen molar-refractivity contribution in [2.24, 2.45) is 22.7 Å². The fourth-order valence-electron chi connectivity index (χ4n) is 8.43. The number of cyclic esters (lactones) is 1. The van der Waals surface area contributed by atoms with Crippen LogP contribution in [0.3, 0.4) is 0 Å². The lowest BCUT2D eigenvalue weighted by Crippen LogP contribution is -2.58. The number of allylic oxidation sites excluding steroid dienone is 2. The Morgan fingerprint density at radius 2 is 1.80 bits per heavy atom. The average Bonchev–Trinajstić information content (AvgIpc) is 3.12. The first-order valence-electron chi connectivity index (χ1n) is 19.4. The first-order chi connectivity index (χ1) is 25.4. The minimum absolute atomic E-state index is 0.0668. The zero-order chi connectivity index (χ0) is 40.0. The van der Waals surface area contributed by atoms with E-state index < -0.39 is 59.7 Å². The second kappa shape index (κ2) is 18.7. The summed E-state index contributed by atoms with van der Waals surface area (Å²) in [4.78, 5) is 33.1. The van der Waals surface area contributed by atoms with Crippen LogP contribution in [-0.4, -0.2) is 114 Å². The van der Waals surface area contributed by atoms with Gasteiger partial charge in [-0.3, -0.25) is 4.79 Å². The highest BCUT2D eigenvalue weighted by atomic mass is 16.7. The number of fused-ring (bicyclic) bond motifs is 5. The number of likely N-dealkylation sites (N-methyl/N-ethyl adjacent to an activating group) is 1. The molecular formula is C43H64N2O9. The summed E-state index contributed by atoms with van der Waals surface area (Å²) in [5, 5.41) is 24.0. The maximum Gasteiger partial charge on any atom is 0.333 e. The minimum Gasteiger partial charge on any atom is -0.456 e. The van der Waals surface area contributed by atoms with Crippen LogP contribution in [0.25, 0.3) is 6.08 Å². The number of carbonyl (C=O) groups is 2. The summed E-state index contributed by atoms with van der Waals surface area (Å²) in [6, 6.07) is 9.73. The van der Waals surface area contributed by atoms with E-state index >= 15 is 0 Å². The van der Waals surface area contributed by atoms with Crippen LogP contribution in [0.15, 0.2) is 64.7 Å². The van der Waals surface area contributed by atoms with Gasteiger partial charge in [-0.15, -0.1) is 0 Å². The highest BCUT2D eigenvalue weighted by Crippen LogP contribution is 2.40. The van der Waals surface area contributed by atoms with Crippen LogP contribution in [0.5, 0.6) is 0 Å². The van der Waals surface area contributed by atoms with Crippen molar-refractivity contribution in [3.05, 3.63) is 65.3 Å². The van der Waals surface area contributed by atoms with Crippen molar-refractivity contribution in [1.82, 2.24) is 4.90 Å². The number of ether oxygens (including phenoxy) is 5. The number of esters is 1. The van der Waals surface area contributed by atoms with Gasteiger partial charge in [0.15, 0.2) is 6.29 Å². The Bertz CT molecular complexity index is 1550. The molecule has 0 aromatic heterocycles. The lowest BCUT2D eigenvalue weighted by atomic mass is 9.74. The average molecular weight is 753 g/mol. The molecule has 4 rings (SSSR count). The Hall–Kier alpha value is -3.03. The normalized spacial score (nSPS) is 40.1. The largest absolute Gasteiger partial charge is 0.456 e. The highest BCUT2D eigenvalue weighted by Gasteiger charge is 2.50. The van der Waals surface area contributed by atoms with Gasteiger partial charge in [0.25, 0.3) is 0 Å². The maximum atomic E-state index is 13.8. The van der Waals surface area contributed by atoms with E-state index in [4.69, 9.17) is 23.7 Å². The SMILES string of the molecule is CC[C@H]1OC(=O)/C(C)=C\[C@H](C)[C@@H](O[C@@H]2O[C@H](C)C[C@H](N(C)C)[C@H]2O)[C@@]2(C)C[C@@H](C)C(=NC(C)=O)[C@H](C)[C@H](OC/C(=C\C=C\c3ccccc3)CO2)[C@]1(C)O. The number of aliphatic imine (C=N–C) groups is 1. The van der Waals surface area contributed by atoms with Gasteiger partial charge in [-0.05, 0) is 78.1 Å². The summed E-state index contributed by atoms with van der Waals surface area (Å²) >= 11 is 0. The van der Waals surface area contributed by atoms with E-state index in [1.165, 1.54) is 6.92 Å². The number of nitrogens with zero attached hydrogens (tertiary/aromatic N) is 2. The predicted molar refractivity (Wildman–Crippen MR) is 210 cm³/mol. The molecule has 0 spiro atoms. The Kier molecular flexibility index (Phi) is 15.2. The quantitative estimate of drug-likeness (QED) is 0.337. The molecule has 0 aliphatic carbocycles. The van der Waals surface area contributed by atoms with Crippen LogP contribution in [0.4, 0.5) is 0 Å². The second-order valence-electron chi connectivity index (χ2n) is 16.2.